The van der Waals surface area contributed by atoms with Crippen LogP contribution in [-0.4, -0.2) is 27.9 Å². The number of benzene rings is 1. The van der Waals surface area contributed by atoms with Crippen molar-refractivity contribution in [3.8, 4) is 0 Å². The van der Waals surface area contributed by atoms with E-state index in [0.29, 0.717) is 25.0 Å². The summed E-state index contributed by atoms with van der Waals surface area (Å²) in [5, 5.41) is 19.3. The number of carboxylic acid groups (broad SMARTS) is 2. The fourth-order valence-electron chi connectivity index (χ4n) is 3.12. The zero-order chi connectivity index (χ0) is 17.6. The van der Waals surface area contributed by atoms with Gasteiger partial charge in [-0.25, -0.2) is 0 Å². The third-order valence-corrected chi connectivity index (χ3v) is 4.78. The summed E-state index contributed by atoms with van der Waals surface area (Å²) < 4.78 is 0. The van der Waals surface area contributed by atoms with Crippen molar-refractivity contribution in [2.45, 2.75) is 25.7 Å². The van der Waals surface area contributed by atoms with E-state index >= 15 is 0 Å². The maximum Gasteiger partial charge on any atom is 0.313 e. The van der Waals surface area contributed by atoms with Gasteiger partial charge in [0.15, 0.2) is 0 Å². The fraction of sp³-hybridized carbons (Fsp3) is 0.368. The average molecular weight is 346 g/mol. The first-order valence-corrected chi connectivity index (χ1v) is 8.62. The smallest absolute Gasteiger partial charge is 0.313 e. The van der Waals surface area contributed by atoms with E-state index in [9.17, 15) is 19.8 Å². The van der Waals surface area contributed by atoms with Gasteiger partial charge in [-0.3, -0.25) is 9.59 Å². The summed E-state index contributed by atoms with van der Waals surface area (Å²) in [6, 6.07) is 9.60. The van der Waals surface area contributed by atoms with E-state index in [1.807, 2.05) is 36.4 Å². The molecule has 2 atom stereocenters. The predicted molar refractivity (Wildman–Crippen MR) is 97.1 cm³/mol. The molecule has 2 N–H and O–H groups in total. The van der Waals surface area contributed by atoms with Crippen molar-refractivity contribution in [3.05, 3.63) is 54.1 Å². The Bertz CT molecular complexity index is 651. The number of hydrogen-bond acceptors (Lipinski definition) is 3. The SMILES string of the molecule is O=C(O)C(CCCS)CC1(C(=O)O)C=CC=C(c2ccccc2)C1. The summed E-state index contributed by atoms with van der Waals surface area (Å²) in [6.07, 6.45) is 6.75. The van der Waals surface area contributed by atoms with E-state index in [0.717, 1.165) is 11.1 Å². The molecule has 0 spiro atoms. The minimum atomic E-state index is -1.18. The molecule has 1 aliphatic carbocycles. The zero-order valence-corrected chi connectivity index (χ0v) is 14.3. The first-order chi connectivity index (χ1) is 11.5. The van der Waals surface area contributed by atoms with Crippen LogP contribution in [0.5, 0.6) is 0 Å². The van der Waals surface area contributed by atoms with Gasteiger partial charge in [0.1, 0.15) is 0 Å². The molecule has 0 saturated heterocycles. The van der Waals surface area contributed by atoms with E-state index in [1.54, 1.807) is 12.2 Å². The Hall–Kier alpha value is -2.01. The van der Waals surface area contributed by atoms with Crippen molar-refractivity contribution < 1.29 is 19.8 Å². The molecule has 1 aromatic rings. The Balaban J connectivity index is 2.26. The first kappa shape index (κ1) is 18.3. The normalized spacial score (nSPS) is 21.1. The van der Waals surface area contributed by atoms with Crippen LogP contribution in [0.1, 0.15) is 31.2 Å². The van der Waals surface area contributed by atoms with Crippen LogP contribution in [0.3, 0.4) is 0 Å². The summed E-state index contributed by atoms with van der Waals surface area (Å²) in [4.78, 5) is 23.5. The summed E-state index contributed by atoms with van der Waals surface area (Å²) in [5.41, 5.74) is 0.702. The minimum absolute atomic E-state index is 0.0894. The zero-order valence-electron chi connectivity index (χ0n) is 13.4. The second-order valence-electron chi connectivity index (χ2n) is 6.16. The van der Waals surface area contributed by atoms with Gasteiger partial charge in [0.05, 0.1) is 11.3 Å². The number of hydrogen-bond donors (Lipinski definition) is 3. The molecule has 0 fully saturated rings. The Morgan fingerprint density at radius 1 is 1.21 bits per heavy atom. The third kappa shape index (κ3) is 4.29. The van der Waals surface area contributed by atoms with Gasteiger partial charge < -0.3 is 10.2 Å². The maximum atomic E-state index is 12.0. The summed E-state index contributed by atoms with van der Waals surface area (Å²) in [5.74, 6) is -2.01. The number of thiol groups is 1. The maximum absolute atomic E-state index is 12.0. The van der Waals surface area contributed by atoms with Crippen LogP contribution in [0.2, 0.25) is 0 Å². The van der Waals surface area contributed by atoms with E-state index in [1.165, 1.54) is 0 Å². The van der Waals surface area contributed by atoms with Crippen molar-refractivity contribution in [1.82, 2.24) is 0 Å². The second-order valence-corrected chi connectivity index (χ2v) is 6.61. The highest BCUT2D eigenvalue weighted by atomic mass is 32.1. The number of carboxylic acids is 2. The van der Waals surface area contributed by atoms with Gasteiger partial charge >= 0.3 is 11.9 Å². The lowest BCUT2D eigenvalue weighted by atomic mass is 9.70. The van der Waals surface area contributed by atoms with Crippen LogP contribution in [-0.2, 0) is 9.59 Å². The molecule has 1 aliphatic rings. The molecule has 24 heavy (non-hydrogen) atoms. The van der Waals surface area contributed by atoms with Gasteiger partial charge in [-0.05, 0) is 42.6 Å². The van der Waals surface area contributed by atoms with Crippen LogP contribution >= 0.6 is 12.6 Å². The number of carbonyl (C=O) groups is 2. The van der Waals surface area contributed by atoms with Crippen LogP contribution in [0.25, 0.3) is 5.57 Å². The van der Waals surface area contributed by atoms with Crippen molar-refractivity contribution in [3.63, 3.8) is 0 Å². The average Bonchev–Trinajstić information content (AvgIpc) is 2.59. The molecule has 5 heteroatoms. The van der Waals surface area contributed by atoms with Crippen molar-refractivity contribution >= 4 is 30.1 Å². The Kier molecular flexibility index (Phi) is 6.26. The van der Waals surface area contributed by atoms with Crippen LogP contribution in [0.15, 0.2) is 48.6 Å². The van der Waals surface area contributed by atoms with Gasteiger partial charge in [-0.15, -0.1) is 0 Å². The largest absolute Gasteiger partial charge is 0.481 e. The number of aliphatic carboxylic acids is 2. The van der Waals surface area contributed by atoms with Gasteiger partial charge in [-0.1, -0.05) is 48.6 Å². The van der Waals surface area contributed by atoms with Crippen LogP contribution in [0.4, 0.5) is 0 Å². The second kappa shape index (κ2) is 8.20. The van der Waals surface area contributed by atoms with E-state index in [4.69, 9.17) is 0 Å². The molecule has 1 aromatic carbocycles. The molecule has 0 bridgehead atoms. The molecular formula is C19H22O4S. The Morgan fingerprint density at radius 3 is 2.50 bits per heavy atom. The van der Waals surface area contributed by atoms with Gasteiger partial charge in [0.25, 0.3) is 0 Å². The number of rotatable bonds is 8. The molecule has 0 aliphatic heterocycles. The van der Waals surface area contributed by atoms with Crippen LogP contribution in [0, 0.1) is 11.3 Å². The standard InChI is InChI=1S/C19H22O4S/c20-17(21)16(9-5-11-24)13-19(18(22)23)10-4-8-15(12-19)14-6-2-1-3-7-14/h1-4,6-8,10,16,24H,5,9,11-13H2,(H,20,21)(H,22,23). The molecule has 4 nitrogen and oxygen atoms in total. The lowest BCUT2D eigenvalue weighted by Gasteiger charge is -2.32. The molecule has 0 saturated carbocycles. The molecular weight excluding hydrogens is 324 g/mol. The highest BCUT2D eigenvalue weighted by Gasteiger charge is 2.41. The van der Waals surface area contributed by atoms with Gasteiger partial charge in [-0.2, -0.15) is 12.6 Å². The first-order valence-electron chi connectivity index (χ1n) is 7.99. The van der Waals surface area contributed by atoms with E-state index in [-0.39, 0.29) is 6.42 Å². The lowest BCUT2D eigenvalue weighted by Crippen LogP contribution is -2.35. The van der Waals surface area contributed by atoms with Crippen molar-refractivity contribution in [1.29, 1.82) is 0 Å². The lowest BCUT2D eigenvalue weighted by molar-refractivity contribution is -0.149. The highest BCUT2D eigenvalue weighted by Crippen LogP contribution is 2.42. The minimum Gasteiger partial charge on any atom is -0.481 e. The van der Waals surface area contributed by atoms with Crippen molar-refractivity contribution in [2.75, 3.05) is 5.75 Å². The quantitative estimate of drug-likeness (QED) is 0.624. The van der Waals surface area contributed by atoms with Gasteiger partial charge in [0.2, 0.25) is 0 Å². The molecule has 0 aromatic heterocycles. The molecule has 2 unspecified atom stereocenters. The summed E-state index contributed by atoms with van der Waals surface area (Å²) in [6.45, 7) is 0. The van der Waals surface area contributed by atoms with E-state index < -0.39 is 23.3 Å². The molecule has 0 heterocycles. The number of allylic oxidation sites excluding steroid dienone is 3. The molecule has 0 amide bonds. The molecule has 128 valence electrons. The third-order valence-electron chi connectivity index (χ3n) is 4.46. The van der Waals surface area contributed by atoms with E-state index in [2.05, 4.69) is 12.6 Å². The monoisotopic (exact) mass is 346 g/mol. The Morgan fingerprint density at radius 2 is 1.92 bits per heavy atom. The summed E-state index contributed by atoms with van der Waals surface area (Å²) >= 11 is 4.12. The Labute approximate surface area is 147 Å². The topological polar surface area (TPSA) is 74.6 Å². The van der Waals surface area contributed by atoms with Gasteiger partial charge in [0, 0.05) is 0 Å². The van der Waals surface area contributed by atoms with Crippen molar-refractivity contribution in [2.24, 2.45) is 11.3 Å². The highest BCUT2D eigenvalue weighted by molar-refractivity contribution is 7.80. The molecule has 2 rings (SSSR count). The fourth-order valence-corrected chi connectivity index (χ4v) is 3.30. The molecule has 0 radical (unpaired) electrons. The summed E-state index contributed by atoms with van der Waals surface area (Å²) in [7, 11) is 0. The predicted octanol–water partition coefficient (Wildman–Crippen LogP) is 3.90. The van der Waals surface area contributed by atoms with Crippen LogP contribution < -0.4 is 0 Å².